The van der Waals surface area contributed by atoms with Gasteiger partial charge >= 0.3 is 0 Å². The van der Waals surface area contributed by atoms with E-state index >= 15 is 0 Å². The molecule has 0 bridgehead atoms. The molecule has 0 N–H and O–H groups in total. The Morgan fingerprint density at radius 1 is 1.11 bits per heavy atom. The monoisotopic (exact) mass is 385 g/mol. The van der Waals surface area contributed by atoms with Gasteiger partial charge in [0.1, 0.15) is 5.75 Å². The van der Waals surface area contributed by atoms with Gasteiger partial charge in [0.15, 0.2) is 9.84 Å². The number of hydrogen-bond acceptors (Lipinski definition) is 4. The lowest BCUT2D eigenvalue weighted by molar-refractivity contribution is 0.0771. The lowest BCUT2D eigenvalue weighted by Gasteiger charge is -2.33. The number of carbonyl (C=O) groups is 1. The van der Waals surface area contributed by atoms with Crippen molar-refractivity contribution in [3.05, 3.63) is 59.2 Å². The Bertz CT molecular complexity index is 995. The number of rotatable bonds is 5. The summed E-state index contributed by atoms with van der Waals surface area (Å²) in [6.07, 6.45) is 3.57. The zero-order valence-electron chi connectivity index (χ0n) is 15.5. The minimum Gasteiger partial charge on any atom is -0.493 e. The lowest BCUT2D eigenvalue weighted by Crippen LogP contribution is -2.37. The van der Waals surface area contributed by atoms with Crippen LogP contribution in [-0.4, -0.2) is 45.7 Å². The molecule has 2 aromatic carbocycles. The Balaban J connectivity index is 1.82. The van der Waals surface area contributed by atoms with Gasteiger partial charge in [-0.2, -0.15) is 0 Å². The van der Waals surface area contributed by atoms with Crippen LogP contribution in [0.25, 0.3) is 0 Å². The molecule has 1 unspecified atom stereocenters. The first-order valence-corrected chi connectivity index (χ1v) is 11.0. The standard InChI is InChI=1S/C21H23NO4S/c1-22-12-19(16-5-3-4-6-17(16)21(22)23)18-11-15(27(2,24)25)9-10-20(18)26-13-14-7-8-14/h3-6,9-11,14,19H,7-8,12-13H2,1-2H3. The van der Waals surface area contributed by atoms with Crippen molar-refractivity contribution < 1.29 is 17.9 Å². The first kappa shape index (κ1) is 18.0. The highest BCUT2D eigenvalue weighted by Gasteiger charge is 2.32. The maximum Gasteiger partial charge on any atom is 0.253 e. The first-order chi connectivity index (χ1) is 12.8. The Labute approximate surface area is 159 Å². The average Bonchev–Trinajstić information content (AvgIpc) is 3.47. The molecular formula is C21H23NO4S. The van der Waals surface area contributed by atoms with E-state index in [2.05, 4.69) is 0 Å². The van der Waals surface area contributed by atoms with Gasteiger partial charge in [-0.3, -0.25) is 4.79 Å². The van der Waals surface area contributed by atoms with Crippen molar-refractivity contribution in [1.82, 2.24) is 4.90 Å². The third kappa shape index (κ3) is 3.58. The topological polar surface area (TPSA) is 63.7 Å². The molecule has 1 amide bonds. The highest BCUT2D eigenvalue weighted by atomic mass is 32.2. The molecule has 1 saturated carbocycles. The number of benzene rings is 2. The molecule has 5 nitrogen and oxygen atoms in total. The molecule has 1 atom stereocenters. The van der Waals surface area contributed by atoms with Gasteiger partial charge in [0.2, 0.25) is 0 Å². The van der Waals surface area contributed by atoms with Crippen LogP contribution in [0.5, 0.6) is 5.75 Å². The van der Waals surface area contributed by atoms with E-state index in [1.165, 1.54) is 19.1 Å². The molecule has 1 heterocycles. The first-order valence-electron chi connectivity index (χ1n) is 9.16. The van der Waals surface area contributed by atoms with Gasteiger partial charge in [-0.25, -0.2) is 8.42 Å². The minimum absolute atomic E-state index is 0.0124. The van der Waals surface area contributed by atoms with Crippen LogP contribution in [0, 0.1) is 5.92 Å². The predicted molar refractivity (Wildman–Crippen MR) is 103 cm³/mol. The number of likely N-dealkylation sites (N-methyl/N-ethyl adjacent to an activating group) is 1. The second kappa shape index (κ2) is 6.68. The molecular weight excluding hydrogens is 362 g/mol. The average molecular weight is 385 g/mol. The maximum atomic E-state index is 12.5. The highest BCUT2D eigenvalue weighted by molar-refractivity contribution is 7.90. The maximum absolute atomic E-state index is 12.5. The minimum atomic E-state index is -3.34. The number of amides is 1. The molecule has 1 aliphatic carbocycles. The fourth-order valence-electron chi connectivity index (χ4n) is 3.58. The van der Waals surface area contributed by atoms with Crippen LogP contribution < -0.4 is 4.74 Å². The number of carbonyl (C=O) groups excluding carboxylic acids is 1. The molecule has 142 valence electrons. The summed E-state index contributed by atoms with van der Waals surface area (Å²) in [5, 5.41) is 0. The van der Waals surface area contributed by atoms with Crippen molar-refractivity contribution in [2.75, 3.05) is 26.5 Å². The molecule has 0 spiro atoms. The van der Waals surface area contributed by atoms with E-state index in [1.54, 1.807) is 30.1 Å². The van der Waals surface area contributed by atoms with E-state index in [4.69, 9.17) is 4.74 Å². The molecule has 6 heteroatoms. The number of fused-ring (bicyclic) bond motifs is 1. The van der Waals surface area contributed by atoms with Gasteiger partial charge in [-0.05, 0) is 48.6 Å². The van der Waals surface area contributed by atoms with E-state index in [1.807, 2.05) is 24.3 Å². The summed E-state index contributed by atoms with van der Waals surface area (Å²) in [6.45, 7) is 1.14. The van der Waals surface area contributed by atoms with Crippen LogP contribution in [0.4, 0.5) is 0 Å². The Morgan fingerprint density at radius 3 is 2.56 bits per heavy atom. The van der Waals surface area contributed by atoms with Crippen molar-refractivity contribution in [3.63, 3.8) is 0 Å². The van der Waals surface area contributed by atoms with Crippen LogP contribution in [0.3, 0.4) is 0 Å². The van der Waals surface area contributed by atoms with Crippen LogP contribution >= 0.6 is 0 Å². The summed E-state index contributed by atoms with van der Waals surface area (Å²) in [4.78, 5) is 14.5. The van der Waals surface area contributed by atoms with Gasteiger partial charge < -0.3 is 9.64 Å². The molecule has 0 aromatic heterocycles. The molecule has 2 aliphatic rings. The zero-order valence-corrected chi connectivity index (χ0v) is 16.3. The third-order valence-electron chi connectivity index (χ3n) is 5.33. The second-order valence-corrected chi connectivity index (χ2v) is 9.57. The summed E-state index contributed by atoms with van der Waals surface area (Å²) >= 11 is 0. The summed E-state index contributed by atoms with van der Waals surface area (Å²) in [5.41, 5.74) is 2.40. The van der Waals surface area contributed by atoms with Crippen LogP contribution in [0.2, 0.25) is 0 Å². The van der Waals surface area contributed by atoms with E-state index in [0.29, 0.717) is 30.4 Å². The molecule has 0 radical (unpaired) electrons. The predicted octanol–water partition coefficient (Wildman–Crippen LogP) is 3.10. The van der Waals surface area contributed by atoms with Crippen molar-refractivity contribution in [2.24, 2.45) is 5.92 Å². The van der Waals surface area contributed by atoms with Crippen molar-refractivity contribution in [1.29, 1.82) is 0 Å². The molecule has 2 aromatic rings. The van der Waals surface area contributed by atoms with Crippen molar-refractivity contribution in [3.8, 4) is 5.75 Å². The van der Waals surface area contributed by atoms with Crippen LogP contribution in [0.1, 0.15) is 40.2 Å². The summed E-state index contributed by atoms with van der Waals surface area (Å²) in [6, 6.07) is 12.6. The molecule has 1 aliphatic heterocycles. The van der Waals surface area contributed by atoms with Gasteiger partial charge in [-0.15, -0.1) is 0 Å². The second-order valence-electron chi connectivity index (χ2n) is 7.55. The third-order valence-corrected chi connectivity index (χ3v) is 6.44. The lowest BCUT2D eigenvalue weighted by atomic mass is 9.84. The quantitative estimate of drug-likeness (QED) is 0.793. The largest absolute Gasteiger partial charge is 0.493 e. The van der Waals surface area contributed by atoms with E-state index in [0.717, 1.165) is 11.1 Å². The normalized spacial score (nSPS) is 19.7. The summed E-state index contributed by atoms with van der Waals surface area (Å²) in [5.74, 6) is 1.16. The van der Waals surface area contributed by atoms with Gasteiger partial charge in [-0.1, -0.05) is 18.2 Å². The molecule has 0 saturated heterocycles. The van der Waals surface area contributed by atoms with Crippen molar-refractivity contribution in [2.45, 2.75) is 23.7 Å². The molecule has 4 rings (SSSR count). The number of ether oxygens (including phenoxy) is 1. The zero-order chi connectivity index (χ0) is 19.2. The summed E-state index contributed by atoms with van der Waals surface area (Å²) in [7, 11) is -1.56. The van der Waals surface area contributed by atoms with Crippen LogP contribution in [0.15, 0.2) is 47.4 Å². The molecule has 27 heavy (non-hydrogen) atoms. The Hall–Kier alpha value is -2.34. The molecule has 1 fully saturated rings. The summed E-state index contributed by atoms with van der Waals surface area (Å²) < 4.78 is 30.3. The van der Waals surface area contributed by atoms with Gasteiger partial charge in [0, 0.05) is 36.9 Å². The van der Waals surface area contributed by atoms with E-state index < -0.39 is 9.84 Å². The number of sulfone groups is 1. The highest BCUT2D eigenvalue weighted by Crippen LogP contribution is 2.39. The SMILES string of the molecule is CN1CC(c2cc(S(C)(=O)=O)ccc2OCC2CC2)c2ccccc2C1=O. The van der Waals surface area contributed by atoms with E-state index in [-0.39, 0.29) is 16.7 Å². The van der Waals surface area contributed by atoms with Crippen LogP contribution in [-0.2, 0) is 9.84 Å². The number of nitrogens with zero attached hydrogens (tertiary/aromatic N) is 1. The van der Waals surface area contributed by atoms with Gasteiger partial charge in [0.05, 0.1) is 11.5 Å². The Kier molecular flexibility index (Phi) is 4.46. The fraction of sp³-hybridized carbons (Fsp3) is 0.381. The fourth-order valence-corrected chi connectivity index (χ4v) is 4.23. The van der Waals surface area contributed by atoms with Crippen molar-refractivity contribution >= 4 is 15.7 Å². The van der Waals surface area contributed by atoms with Gasteiger partial charge in [0.25, 0.3) is 5.91 Å². The van der Waals surface area contributed by atoms with E-state index in [9.17, 15) is 13.2 Å². The Morgan fingerprint density at radius 2 is 1.85 bits per heavy atom. The number of hydrogen-bond donors (Lipinski definition) is 0. The smallest absolute Gasteiger partial charge is 0.253 e.